The van der Waals surface area contributed by atoms with Gasteiger partial charge in [-0.2, -0.15) is 0 Å². The Hall–Kier alpha value is -3.07. The van der Waals surface area contributed by atoms with Crippen molar-refractivity contribution in [2.45, 2.75) is 25.4 Å². The molecule has 1 atom stereocenters. The Kier molecular flexibility index (Phi) is 4.16. The van der Waals surface area contributed by atoms with Crippen molar-refractivity contribution in [2.75, 3.05) is 31.1 Å². The summed E-state index contributed by atoms with van der Waals surface area (Å²) >= 11 is 0. The van der Waals surface area contributed by atoms with Crippen LogP contribution in [-0.2, 0) is 0 Å². The molecule has 0 saturated carbocycles. The third kappa shape index (κ3) is 2.88. The van der Waals surface area contributed by atoms with Gasteiger partial charge >= 0.3 is 6.03 Å². The largest absolute Gasteiger partial charge is 0.488 e. The molecule has 4 aliphatic heterocycles. The van der Waals surface area contributed by atoms with E-state index in [0.29, 0.717) is 30.3 Å². The summed E-state index contributed by atoms with van der Waals surface area (Å²) in [6.07, 6.45) is 10.3. The first kappa shape index (κ1) is 17.1. The van der Waals surface area contributed by atoms with Crippen molar-refractivity contribution in [3.63, 3.8) is 0 Å². The molecule has 9 nitrogen and oxygen atoms in total. The van der Waals surface area contributed by atoms with E-state index in [4.69, 9.17) is 4.74 Å². The molecule has 4 aliphatic rings. The van der Waals surface area contributed by atoms with Crippen LogP contribution in [0.2, 0.25) is 0 Å². The Morgan fingerprint density at radius 1 is 1.21 bits per heavy atom. The number of likely N-dealkylation sites (tertiary alicyclic amines) is 1. The number of piperidine rings is 1. The number of fused-ring (bicyclic) bond motifs is 2. The van der Waals surface area contributed by atoms with Crippen LogP contribution in [-0.4, -0.2) is 59.1 Å². The fourth-order valence-corrected chi connectivity index (χ4v) is 3.98. The quantitative estimate of drug-likeness (QED) is 0.798. The highest BCUT2D eigenvalue weighted by molar-refractivity contribution is 5.95. The fraction of sp³-hybridized carbons (Fsp3) is 0.421. The van der Waals surface area contributed by atoms with Crippen LogP contribution in [0.3, 0.4) is 0 Å². The van der Waals surface area contributed by atoms with E-state index >= 15 is 0 Å². The van der Waals surface area contributed by atoms with Gasteiger partial charge in [0.2, 0.25) is 0 Å². The van der Waals surface area contributed by atoms with E-state index < -0.39 is 0 Å². The number of pyridine rings is 1. The minimum atomic E-state index is -0.237. The monoisotopic (exact) mass is 382 g/mol. The Morgan fingerprint density at radius 2 is 2.07 bits per heavy atom. The first-order valence-corrected chi connectivity index (χ1v) is 9.64. The maximum atomic E-state index is 12.8. The zero-order chi connectivity index (χ0) is 19.1. The van der Waals surface area contributed by atoms with Crippen molar-refractivity contribution in [3.05, 3.63) is 41.9 Å². The van der Waals surface area contributed by atoms with Gasteiger partial charge in [0.05, 0.1) is 12.1 Å². The first-order valence-electron chi connectivity index (χ1n) is 9.64. The molecule has 0 aromatic carbocycles. The summed E-state index contributed by atoms with van der Waals surface area (Å²) in [7, 11) is 0. The molecule has 5 rings (SSSR count). The van der Waals surface area contributed by atoms with Crippen LogP contribution in [0.15, 0.2) is 36.3 Å². The molecule has 0 spiro atoms. The lowest BCUT2D eigenvalue weighted by atomic mass is 10.1. The number of hydrogen-bond donors (Lipinski definition) is 2. The number of urea groups is 1. The minimum Gasteiger partial charge on any atom is -0.488 e. The number of aromatic nitrogens is 1. The summed E-state index contributed by atoms with van der Waals surface area (Å²) in [5, 5.41) is 0. The van der Waals surface area contributed by atoms with Crippen molar-refractivity contribution in [2.24, 2.45) is 0 Å². The summed E-state index contributed by atoms with van der Waals surface area (Å²) in [6.45, 7) is 2.75. The van der Waals surface area contributed by atoms with Crippen LogP contribution in [0.4, 0.5) is 10.6 Å². The van der Waals surface area contributed by atoms with E-state index in [2.05, 4.69) is 15.8 Å². The first-order chi connectivity index (χ1) is 13.7. The molecule has 9 heteroatoms. The normalized spacial score (nSPS) is 23.6. The summed E-state index contributed by atoms with van der Waals surface area (Å²) in [6, 6.07) is 1.61. The van der Waals surface area contributed by atoms with Crippen LogP contribution in [0.25, 0.3) is 0 Å². The summed E-state index contributed by atoms with van der Waals surface area (Å²) in [5.41, 5.74) is 7.02. The number of allylic oxidation sites excluding steroid dienone is 1. The van der Waals surface area contributed by atoms with Crippen LogP contribution < -0.4 is 20.5 Å². The molecule has 0 bridgehead atoms. The van der Waals surface area contributed by atoms with Crippen molar-refractivity contribution in [1.82, 2.24) is 25.6 Å². The lowest BCUT2D eigenvalue weighted by Gasteiger charge is -2.33. The minimum absolute atomic E-state index is 0.0166. The third-order valence-corrected chi connectivity index (χ3v) is 5.46. The van der Waals surface area contributed by atoms with E-state index in [1.807, 2.05) is 22.0 Å². The van der Waals surface area contributed by atoms with Gasteiger partial charge in [-0.05, 0) is 37.5 Å². The standard InChI is InChI=1S/C19H22N6O3/c26-18(23-5-2-1-3-6-23)13-10-15-17(20-12-13)24(8-9-28-15)14-4-7-25-16(11-14)21-22-19(25)27/h4,7,10-12,16,21H,1-3,5-6,8-9H2,(H,22,27). The molecule has 2 N–H and O–H groups in total. The molecular formula is C19H22N6O3. The second-order valence-electron chi connectivity index (χ2n) is 7.23. The molecule has 0 aliphatic carbocycles. The molecule has 28 heavy (non-hydrogen) atoms. The zero-order valence-electron chi connectivity index (χ0n) is 15.4. The second-order valence-corrected chi connectivity index (χ2v) is 7.23. The van der Waals surface area contributed by atoms with Crippen molar-refractivity contribution < 1.29 is 14.3 Å². The SMILES string of the molecule is O=C(c1cnc2c(c1)OCCN2C1=CC2NNC(=O)N2C=C1)N1CCCCC1. The van der Waals surface area contributed by atoms with Gasteiger partial charge in [-0.1, -0.05) is 0 Å². The number of ether oxygens (including phenoxy) is 1. The van der Waals surface area contributed by atoms with Gasteiger partial charge in [-0.15, -0.1) is 0 Å². The highest BCUT2D eigenvalue weighted by atomic mass is 16.5. The van der Waals surface area contributed by atoms with Crippen molar-refractivity contribution >= 4 is 17.8 Å². The third-order valence-electron chi connectivity index (χ3n) is 5.46. The van der Waals surface area contributed by atoms with Crippen LogP contribution in [0.1, 0.15) is 29.6 Å². The average Bonchev–Trinajstić information content (AvgIpc) is 3.13. The summed E-state index contributed by atoms with van der Waals surface area (Å²) in [4.78, 5) is 34.6. The van der Waals surface area contributed by atoms with Crippen LogP contribution in [0, 0.1) is 0 Å². The predicted molar refractivity (Wildman–Crippen MR) is 101 cm³/mol. The van der Waals surface area contributed by atoms with Gasteiger partial charge < -0.3 is 14.5 Å². The van der Waals surface area contributed by atoms with E-state index in [0.717, 1.165) is 31.6 Å². The number of hydrogen-bond acceptors (Lipinski definition) is 6. The average molecular weight is 382 g/mol. The van der Waals surface area contributed by atoms with Gasteiger partial charge in [0.25, 0.3) is 5.91 Å². The van der Waals surface area contributed by atoms with Gasteiger partial charge in [0.1, 0.15) is 12.8 Å². The number of nitrogens with zero attached hydrogens (tertiary/aromatic N) is 4. The van der Waals surface area contributed by atoms with Crippen LogP contribution in [0.5, 0.6) is 5.75 Å². The Labute approximate surface area is 162 Å². The van der Waals surface area contributed by atoms with Gasteiger partial charge in [0.15, 0.2) is 11.6 Å². The molecule has 1 aromatic rings. The number of hydrazine groups is 1. The Balaban J connectivity index is 1.40. The molecular weight excluding hydrogens is 360 g/mol. The van der Waals surface area contributed by atoms with E-state index in [-0.39, 0.29) is 18.1 Å². The van der Waals surface area contributed by atoms with Crippen molar-refractivity contribution in [3.8, 4) is 5.75 Å². The second kappa shape index (κ2) is 6.83. The topological polar surface area (TPSA) is 90.0 Å². The molecule has 1 aromatic heterocycles. The zero-order valence-corrected chi connectivity index (χ0v) is 15.4. The molecule has 2 fully saturated rings. The number of amides is 3. The predicted octanol–water partition coefficient (Wildman–Crippen LogP) is 1.17. The molecule has 5 heterocycles. The molecule has 146 valence electrons. The van der Waals surface area contributed by atoms with Crippen LogP contribution >= 0.6 is 0 Å². The van der Waals surface area contributed by atoms with Crippen molar-refractivity contribution in [1.29, 1.82) is 0 Å². The van der Waals surface area contributed by atoms with E-state index in [9.17, 15) is 9.59 Å². The van der Waals surface area contributed by atoms with Gasteiger partial charge in [-0.25, -0.2) is 15.2 Å². The summed E-state index contributed by atoms with van der Waals surface area (Å²) in [5.74, 6) is 1.31. The number of carbonyl (C=O) groups excluding carboxylic acids is 2. The van der Waals surface area contributed by atoms with E-state index in [1.54, 1.807) is 23.4 Å². The summed E-state index contributed by atoms with van der Waals surface area (Å²) < 4.78 is 5.81. The molecule has 1 unspecified atom stereocenters. The van der Waals surface area contributed by atoms with E-state index in [1.165, 1.54) is 6.42 Å². The maximum Gasteiger partial charge on any atom is 0.337 e. The number of carbonyl (C=O) groups is 2. The highest BCUT2D eigenvalue weighted by Gasteiger charge is 2.32. The van der Waals surface area contributed by atoms with Gasteiger partial charge in [-0.3, -0.25) is 15.1 Å². The van der Waals surface area contributed by atoms with Gasteiger partial charge in [0, 0.05) is 31.2 Å². The molecule has 0 radical (unpaired) electrons. The Bertz CT molecular complexity index is 876. The maximum absolute atomic E-state index is 12.8. The lowest BCUT2D eigenvalue weighted by molar-refractivity contribution is 0.0723. The smallest absolute Gasteiger partial charge is 0.337 e. The number of anilines is 1. The number of rotatable bonds is 2. The number of nitrogens with one attached hydrogen (secondary N) is 2. The Morgan fingerprint density at radius 3 is 2.93 bits per heavy atom. The fourth-order valence-electron chi connectivity index (χ4n) is 3.98. The molecule has 2 saturated heterocycles. The highest BCUT2D eigenvalue weighted by Crippen LogP contribution is 2.34. The molecule has 3 amide bonds. The lowest BCUT2D eigenvalue weighted by Crippen LogP contribution is -2.39.